The molecule has 2 heterocycles. The van der Waals surface area contributed by atoms with E-state index in [0.29, 0.717) is 64.0 Å². The Morgan fingerprint density at radius 2 is 1.08 bits per heavy atom. The first-order chi connectivity index (χ1) is 27.6. The Balaban J connectivity index is 0.000000401. The van der Waals surface area contributed by atoms with Gasteiger partial charge in [-0.15, -0.1) is 0 Å². The van der Waals surface area contributed by atoms with Crippen LogP contribution < -0.4 is 37.8 Å². The van der Waals surface area contributed by atoms with Crippen LogP contribution in [-0.4, -0.2) is 108 Å². The van der Waals surface area contributed by atoms with Gasteiger partial charge in [0, 0.05) is 30.8 Å². The van der Waals surface area contributed by atoms with Crippen molar-refractivity contribution in [3.05, 3.63) is 105 Å². The molecule has 2 aliphatic rings. The first kappa shape index (κ1) is 50.7. The van der Waals surface area contributed by atoms with E-state index in [4.69, 9.17) is 33.2 Å². The topological polar surface area (TPSA) is 177 Å². The summed E-state index contributed by atoms with van der Waals surface area (Å²) in [5.74, 6) is 1.87. The normalized spacial score (nSPS) is 13.2. The van der Waals surface area contributed by atoms with Gasteiger partial charge >= 0.3 is 24.8 Å². The SMILES string of the molecule is COC(=O)CN(Cc1ccc2c(c1)OCOC2)S(=O)(=O)c1c(C)cc(OC)cc1C.COc1cc(C)c(S(=O)(=O)N(CCO)Cc2ccc3c(c2)OCOC3)c(C)c1.[AlH3].[H-].[Li+]. The van der Waals surface area contributed by atoms with Gasteiger partial charge in [-0.1, -0.05) is 24.3 Å². The van der Waals surface area contributed by atoms with Crippen LogP contribution in [0.4, 0.5) is 0 Å². The number of aliphatic hydroxyl groups is 1. The average molecular weight is 881 g/mol. The number of hydrogen-bond acceptors (Lipinski definition) is 13. The summed E-state index contributed by atoms with van der Waals surface area (Å²) in [6.07, 6.45) is 0. The maximum absolute atomic E-state index is 13.5. The number of carbonyl (C=O) groups is 1. The monoisotopic (exact) mass is 880 g/mol. The molecule has 6 rings (SSSR count). The molecule has 0 radical (unpaired) electrons. The molecule has 0 bridgehead atoms. The molecule has 0 saturated carbocycles. The molecule has 2 aliphatic heterocycles. The van der Waals surface area contributed by atoms with Crippen LogP contribution in [0.2, 0.25) is 0 Å². The molecule has 0 aliphatic carbocycles. The van der Waals surface area contributed by atoms with Crippen LogP contribution in [0.5, 0.6) is 23.0 Å². The van der Waals surface area contributed by atoms with Crippen LogP contribution in [0.3, 0.4) is 0 Å². The van der Waals surface area contributed by atoms with Crippen LogP contribution in [0.15, 0.2) is 70.5 Å². The summed E-state index contributed by atoms with van der Waals surface area (Å²) in [7, 11) is -3.52. The van der Waals surface area contributed by atoms with E-state index >= 15 is 0 Å². The van der Waals surface area contributed by atoms with Crippen molar-refractivity contribution in [3.63, 3.8) is 0 Å². The van der Waals surface area contributed by atoms with Crippen LogP contribution in [0.25, 0.3) is 0 Å². The predicted molar refractivity (Wildman–Crippen MR) is 224 cm³/mol. The van der Waals surface area contributed by atoms with Crippen molar-refractivity contribution < 1.29 is 80.2 Å². The molecule has 15 nitrogen and oxygen atoms in total. The third-order valence-corrected chi connectivity index (χ3v) is 13.8. The second-order valence-electron chi connectivity index (χ2n) is 13.7. The fourth-order valence-corrected chi connectivity index (χ4v) is 10.4. The van der Waals surface area contributed by atoms with Gasteiger partial charge in [0.05, 0.1) is 50.9 Å². The first-order valence-corrected chi connectivity index (χ1v) is 21.1. The van der Waals surface area contributed by atoms with Gasteiger partial charge in [-0.25, -0.2) is 16.8 Å². The molecule has 1 N–H and O–H groups in total. The van der Waals surface area contributed by atoms with Crippen LogP contribution in [-0.2, 0) is 65.4 Å². The Morgan fingerprint density at radius 1 is 0.683 bits per heavy atom. The Kier molecular flexibility index (Phi) is 19.0. The fraction of sp³-hybridized carbons (Fsp3) is 0.390. The summed E-state index contributed by atoms with van der Waals surface area (Å²) in [6.45, 7) is 7.54. The van der Waals surface area contributed by atoms with Gasteiger partial charge < -0.3 is 39.7 Å². The van der Waals surface area contributed by atoms with Gasteiger partial charge in [0.1, 0.15) is 29.5 Å². The molecule has 0 amide bonds. The first-order valence-electron chi connectivity index (χ1n) is 18.3. The Labute approximate surface area is 376 Å². The van der Waals surface area contributed by atoms with Crippen molar-refractivity contribution >= 4 is 43.4 Å². The minimum absolute atomic E-state index is 0. The summed E-state index contributed by atoms with van der Waals surface area (Å²) in [6, 6.07) is 17.7. The van der Waals surface area contributed by atoms with Gasteiger partial charge in [0.15, 0.2) is 30.9 Å². The molecule has 322 valence electrons. The summed E-state index contributed by atoms with van der Waals surface area (Å²) in [5, 5.41) is 9.47. The molecule has 19 heteroatoms. The maximum atomic E-state index is 13.5. The largest absolute Gasteiger partial charge is 1.00 e. The van der Waals surface area contributed by atoms with Crippen molar-refractivity contribution in [2.24, 2.45) is 0 Å². The molecule has 0 aromatic heterocycles. The standard InChI is InChI=1S/C21H25NO7S.C20H25NO6S.Al.Li.4H/c1-14-7-18(26-3)8-15(2)21(14)30(24,25)22(11-20(23)27-4)10-16-5-6-17-12-28-13-29-19(17)9-16;1-14-8-18(25-3)9-15(2)20(14)28(23,24)21(6-7-22)11-16-4-5-17-12-26-13-27-19(17)10-16;;;;;;/h5-9H,10-13H2,1-4H3;4-5,8-10,22H,6-7,11-13H2,1-3H3;;;;;;/q;;;+1;;;;-1. The molecule has 0 spiro atoms. The minimum atomic E-state index is -4.00. The zero-order valence-corrected chi connectivity index (χ0v) is 36.3. The van der Waals surface area contributed by atoms with E-state index in [0.717, 1.165) is 21.0 Å². The van der Waals surface area contributed by atoms with Gasteiger partial charge in [-0.05, 0) is 97.5 Å². The van der Waals surface area contributed by atoms with Gasteiger partial charge in [0.2, 0.25) is 20.0 Å². The second kappa shape index (κ2) is 22.5. The van der Waals surface area contributed by atoms with E-state index in [-0.39, 0.29) is 87.3 Å². The number of rotatable bonds is 14. The Morgan fingerprint density at radius 3 is 1.47 bits per heavy atom. The molecule has 4 aromatic carbocycles. The number of fused-ring (bicyclic) bond motifs is 2. The van der Waals surface area contributed by atoms with Crippen molar-refractivity contribution in [2.45, 2.75) is 63.8 Å². The quantitative estimate of drug-likeness (QED) is 0.140. The van der Waals surface area contributed by atoms with E-state index in [9.17, 15) is 26.7 Å². The molecular weight excluding hydrogens is 827 g/mol. The summed E-state index contributed by atoms with van der Waals surface area (Å²) >= 11 is 0. The Bertz CT molecular complexity index is 2310. The van der Waals surface area contributed by atoms with Crippen molar-refractivity contribution in [2.75, 3.05) is 54.6 Å². The number of methoxy groups -OCH3 is 3. The number of benzene rings is 4. The average Bonchev–Trinajstić information content (AvgIpc) is 3.19. The second-order valence-corrected chi connectivity index (χ2v) is 17.4. The Hall–Kier alpha value is -3.62. The van der Waals surface area contributed by atoms with E-state index in [2.05, 4.69) is 0 Å². The summed E-state index contributed by atoms with van der Waals surface area (Å²) in [5.41, 5.74) is 5.55. The van der Waals surface area contributed by atoms with Gasteiger partial charge in [-0.3, -0.25) is 4.79 Å². The molecule has 0 unspecified atom stereocenters. The summed E-state index contributed by atoms with van der Waals surface area (Å²) in [4.78, 5) is 12.4. The molecule has 0 atom stereocenters. The smallest absolute Gasteiger partial charge is 1.00 e. The van der Waals surface area contributed by atoms with Crippen LogP contribution >= 0.6 is 0 Å². The van der Waals surface area contributed by atoms with Crippen LogP contribution in [0.1, 0.15) is 45.9 Å². The number of esters is 1. The number of carbonyl (C=O) groups excluding carboxylic acids is 1. The number of hydrogen-bond donors (Lipinski definition) is 1. The fourth-order valence-electron chi connectivity index (χ4n) is 6.78. The third-order valence-electron chi connectivity index (χ3n) is 9.51. The molecule has 4 aromatic rings. The number of ether oxygens (including phenoxy) is 7. The predicted octanol–water partition coefficient (Wildman–Crippen LogP) is 0.837. The number of aliphatic hydroxyl groups excluding tert-OH is 1. The van der Waals surface area contributed by atoms with E-state index < -0.39 is 32.6 Å². The number of nitrogens with zero attached hydrogens (tertiary/aromatic N) is 2. The summed E-state index contributed by atoms with van der Waals surface area (Å²) < 4.78 is 92.9. The van der Waals surface area contributed by atoms with Crippen molar-refractivity contribution in [1.82, 2.24) is 8.61 Å². The van der Waals surface area contributed by atoms with Gasteiger partial charge in [-0.2, -0.15) is 8.61 Å². The number of aryl methyl sites for hydroxylation is 4. The van der Waals surface area contributed by atoms with Crippen molar-refractivity contribution in [3.8, 4) is 23.0 Å². The third kappa shape index (κ3) is 12.1. The van der Waals surface area contributed by atoms with E-state index in [1.165, 1.54) is 18.5 Å². The van der Waals surface area contributed by atoms with Gasteiger partial charge in [0.25, 0.3) is 0 Å². The van der Waals surface area contributed by atoms with Crippen molar-refractivity contribution in [1.29, 1.82) is 0 Å². The molecular formula is C41H54AlLiN2O13S2. The maximum Gasteiger partial charge on any atom is 1.00 e. The minimum Gasteiger partial charge on any atom is -1.00 e. The zero-order chi connectivity index (χ0) is 42.2. The van der Waals surface area contributed by atoms with Crippen LogP contribution in [0, 0.1) is 27.7 Å². The van der Waals surface area contributed by atoms with E-state index in [1.807, 2.05) is 24.3 Å². The molecule has 0 fully saturated rings. The van der Waals surface area contributed by atoms with E-state index in [1.54, 1.807) is 71.2 Å². The number of sulfonamides is 2. The zero-order valence-electron chi connectivity index (χ0n) is 35.7. The molecule has 60 heavy (non-hydrogen) atoms. The molecule has 0 saturated heterocycles.